The zero-order chi connectivity index (χ0) is 9.54. The number of oxazole rings is 1. The first kappa shape index (κ1) is 8.48. The van der Waals surface area contributed by atoms with E-state index in [0.717, 1.165) is 24.0 Å². The lowest BCUT2D eigenvalue weighted by molar-refractivity contribution is 0.316. The summed E-state index contributed by atoms with van der Waals surface area (Å²) in [7, 11) is 0. The summed E-state index contributed by atoms with van der Waals surface area (Å²) in [5.74, 6) is 3.45. The first-order valence-electron chi connectivity index (χ1n) is 5.53. The molecule has 2 aliphatic rings. The van der Waals surface area contributed by atoms with E-state index in [1.807, 2.05) is 6.20 Å². The molecule has 0 N–H and O–H groups in total. The molecule has 2 saturated heterocycles. The lowest BCUT2D eigenvalue weighted by Gasteiger charge is -2.19. The third-order valence-electron chi connectivity index (χ3n) is 3.57. The number of nitrogens with zero attached hydrogens (tertiary/aromatic N) is 2. The highest BCUT2D eigenvalue weighted by atomic mass is 16.4. The van der Waals surface area contributed by atoms with Crippen molar-refractivity contribution in [2.45, 2.75) is 25.7 Å². The molecule has 3 atom stereocenters. The molecule has 2 bridgehead atoms. The average molecular weight is 192 g/mol. The molecule has 3 heterocycles. The van der Waals surface area contributed by atoms with E-state index >= 15 is 0 Å². The molecule has 0 saturated carbocycles. The molecule has 0 aromatic carbocycles. The van der Waals surface area contributed by atoms with Crippen LogP contribution in [0.2, 0.25) is 0 Å². The van der Waals surface area contributed by atoms with Crippen LogP contribution in [0, 0.1) is 5.92 Å². The number of aromatic nitrogens is 1. The van der Waals surface area contributed by atoms with E-state index in [1.165, 1.54) is 26.1 Å². The van der Waals surface area contributed by atoms with Crippen molar-refractivity contribution in [2.75, 3.05) is 19.6 Å². The van der Waals surface area contributed by atoms with Crippen LogP contribution in [0.15, 0.2) is 10.6 Å². The normalized spacial score (nSPS) is 35.4. The molecule has 1 aromatic heterocycles. The third kappa shape index (κ3) is 1.19. The Morgan fingerprint density at radius 1 is 1.57 bits per heavy atom. The van der Waals surface area contributed by atoms with Crippen molar-refractivity contribution < 1.29 is 4.42 Å². The smallest absolute Gasteiger partial charge is 0.194 e. The molecule has 0 radical (unpaired) electrons. The van der Waals surface area contributed by atoms with Crippen LogP contribution in [0.4, 0.5) is 0 Å². The molecule has 0 spiro atoms. The maximum absolute atomic E-state index is 5.73. The van der Waals surface area contributed by atoms with Gasteiger partial charge in [-0.25, -0.2) is 4.98 Å². The number of aryl methyl sites for hydroxylation is 1. The van der Waals surface area contributed by atoms with E-state index in [1.54, 1.807) is 0 Å². The summed E-state index contributed by atoms with van der Waals surface area (Å²) in [5, 5.41) is 0. The Kier molecular flexibility index (Phi) is 1.87. The number of fused-ring (bicyclic) bond motifs is 2. The Morgan fingerprint density at radius 2 is 2.50 bits per heavy atom. The molecule has 76 valence electrons. The summed E-state index contributed by atoms with van der Waals surface area (Å²) >= 11 is 0. The van der Waals surface area contributed by atoms with Crippen LogP contribution >= 0.6 is 0 Å². The Hall–Kier alpha value is -0.830. The first-order chi connectivity index (χ1) is 6.86. The Balaban J connectivity index is 1.82. The van der Waals surface area contributed by atoms with E-state index in [-0.39, 0.29) is 0 Å². The second-order valence-electron chi connectivity index (χ2n) is 4.42. The molecule has 2 fully saturated rings. The van der Waals surface area contributed by atoms with E-state index in [4.69, 9.17) is 4.42 Å². The maximum Gasteiger partial charge on any atom is 0.194 e. The summed E-state index contributed by atoms with van der Waals surface area (Å²) in [4.78, 5) is 6.81. The Labute approximate surface area is 84.1 Å². The predicted octanol–water partition coefficient (Wildman–Crippen LogP) is 1.66. The molecular formula is C11H16N2O. The largest absolute Gasteiger partial charge is 0.445 e. The van der Waals surface area contributed by atoms with Gasteiger partial charge in [0.05, 0.1) is 6.20 Å². The van der Waals surface area contributed by atoms with Gasteiger partial charge in [-0.05, 0) is 18.9 Å². The van der Waals surface area contributed by atoms with E-state index in [0.29, 0.717) is 5.92 Å². The number of hydrogen-bond acceptors (Lipinski definition) is 3. The fourth-order valence-electron chi connectivity index (χ4n) is 2.77. The van der Waals surface area contributed by atoms with Crippen LogP contribution in [0.3, 0.4) is 0 Å². The Bertz CT molecular complexity index is 334. The molecule has 0 amide bonds. The maximum atomic E-state index is 5.73. The van der Waals surface area contributed by atoms with Gasteiger partial charge in [-0.1, -0.05) is 6.92 Å². The van der Waals surface area contributed by atoms with E-state index in [9.17, 15) is 0 Å². The van der Waals surface area contributed by atoms with Crippen molar-refractivity contribution in [1.29, 1.82) is 0 Å². The summed E-state index contributed by atoms with van der Waals surface area (Å²) in [6.07, 6.45) is 4.18. The minimum Gasteiger partial charge on any atom is -0.445 e. The van der Waals surface area contributed by atoms with Crippen molar-refractivity contribution in [3.05, 3.63) is 17.8 Å². The van der Waals surface area contributed by atoms with Crippen molar-refractivity contribution in [1.82, 2.24) is 9.88 Å². The van der Waals surface area contributed by atoms with E-state index < -0.39 is 0 Å². The zero-order valence-corrected chi connectivity index (χ0v) is 8.57. The van der Waals surface area contributed by atoms with Crippen LogP contribution < -0.4 is 0 Å². The van der Waals surface area contributed by atoms with Gasteiger partial charge >= 0.3 is 0 Å². The zero-order valence-electron chi connectivity index (χ0n) is 8.57. The monoisotopic (exact) mass is 192 g/mol. The van der Waals surface area contributed by atoms with Crippen molar-refractivity contribution in [2.24, 2.45) is 5.92 Å². The quantitative estimate of drug-likeness (QED) is 0.713. The summed E-state index contributed by atoms with van der Waals surface area (Å²) in [5.41, 5.74) is 0. The fourth-order valence-corrected chi connectivity index (χ4v) is 2.77. The fraction of sp³-hybridized carbons (Fsp3) is 0.727. The van der Waals surface area contributed by atoms with Crippen molar-refractivity contribution >= 4 is 0 Å². The van der Waals surface area contributed by atoms with Gasteiger partial charge in [-0.15, -0.1) is 0 Å². The summed E-state index contributed by atoms with van der Waals surface area (Å²) in [6, 6.07) is 0. The second kappa shape index (κ2) is 3.09. The highest BCUT2D eigenvalue weighted by Crippen LogP contribution is 2.39. The van der Waals surface area contributed by atoms with Crippen LogP contribution in [0.5, 0.6) is 0 Å². The molecule has 3 nitrogen and oxygen atoms in total. The number of rotatable bonds is 2. The topological polar surface area (TPSA) is 29.3 Å². The average Bonchev–Trinajstić information content (AvgIpc) is 2.93. The summed E-state index contributed by atoms with van der Waals surface area (Å²) in [6.45, 7) is 5.83. The van der Waals surface area contributed by atoms with Crippen LogP contribution in [-0.4, -0.2) is 29.5 Å². The number of piperidine rings is 1. The number of hydrogen-bond donors (Lipinski definition) is 0. The van der Waals surface area contributed by atoms with Crippen LogP contribution in [0.1, 0.15) is 30.9 Å². The SMILES string of the molecule is CCc1ncc(C2CN3CCC2C3)o1. The standard InChI is InChI=1S/C11H16N2O/c1-2-11-12-5-10(14-11)9-7-13-4-3-8(9)6-13/h5,8-9H,2-4,6-7H2,1H3. The minimum absolute atomic E-state index is 0.622. The third-order valence-corrected chi connectivity index (χ3v) is 3.57. The first-order valence-corrected chi connectivity index (χ1v) is 5.53. The van der Waals surface area contributed by atoms with Crippen molar-refractivity contribution in [3.63, 3.8) is 0 Å². The minimum atomic E-state index is 0.622. The molecule has 0 aliphatic carbocycles. The highest BCUT2D eigenvalue weighted by molar-refractivity contribution is 5.10. The van der Waals surface area contributed by atoms with Gasteiger partial charge in [-0.3, -0.25) is 0 Å². The molecule has 3 unspecified atom stereocenters. The molecule has 1 aromatic rings. The predicted molar refractivity (Wildman–Crippen MR) is 53.2 cm³/mol. The molecule has 3 rings (SSSR count). The lowest BCUT2D eigenvalue weighted by Crippen LogP contribution is -2.21. The van der Waals surface area contributed by atoms with Gasteiger partial charge in [-0.2, -0.15) is 0 Å². The van der Waals surface area contributed by atoms with Crippen LogP contribution in [-0.2, 0) is 6.42 Å². The van der Waals surface area contributed by atoms with Gasteiger partial charge in [0.2, 0.25) is 0 Å². The van der Waals surface area contributed by atoms with Crippen LogP contribution in [0.25, 0.3) is 0 Å². The van der Waals surface area contributed by atoms with Gasteiger partial charge in [0.25, 0.3) is 0 Å². The molecule has 2 aliphatic heterocycles. The van der Waals surface area contributed by atoms with Gasteiger partial charge < -0.3 is 9.32 Å². The molecular weight excluding hydrogens is 176 g/mol. The molecule has 14 heavy (non-hydrogen) atoms. The van der Waals surface area contributed by atoms with Gasteiger partial charge in [0.1, 0.15) is 5.76 Å². The molecule has 3 heteroatoms. The highest BCUT2D eigenvalue weighted by Gasteiger charge is 2.40. The van der Waals surface area contributed by atoms with Crippen molar-refractivity contribution in [3.8, 4) is 0 Å². The van der Waals surface area contributed by atoms with Gasteiger partial charge in [0.15, 0.2) is 5.89 Å². The second-order valence-corrected chi connectivity index (χ2v) is 4.42. The lowest BCUT2D eigenvalue weighted by atomic mass is 9.91. The van der Waals surface area contributed by atoms with Gasteiger partial charge in [0, 0.05) is 25.4 Å². The summed E-state index contributed by atoms with van der Waals surface area (Å²) < 4.78 is 5.73. The van der Waals surface area contributed by atoms with E-state index in [2.05, 4.69) is 16.8 Å². The Morgan fingerprint density at radius 3 is 3.07 bits per heavy atom.